The molecule has 0 atom stereocenters. The predicted octanol–water partition coefficient (Wildman–Crippen LogP) is -0.791. The van der Waals surface area contributed by atoms with Crippen LogP contribution in [0.2, 0.25) is 0 Å². The van der Waals surface area contributed by atoms with E-state index in [4.69, 9.17) is 5.11 Å². The van der Waals surface area contributed by atoms with E-state index >= 15 is 0 Å². The van der Waals surface area contributed by atoms with Crippen molar-refractivity contribution in [3.8, 4) is 0 Å². The molecule has 5 heteroatoms. The van der Waals surface area contributed by atoms with Crippen LogP contribution < -0.4 is 10.5 Å². The second kappa shape index (κ2) is 3.42. The Labute approximate surface area is 81.6 Å². The van der Waals surface area contributed by atoms with Crippen LogP contribution in [0.1, 0.15) is 0 Å². The summed E-state index contributed by atoms with van der Waals surface area (Å²) >= 11 is 0. The molecule has 1 saturated heterocycles. The number of aryl methyl sites for hydroxylation is 1. The molecular weight excluding hydrogens is 182 g/mol. The normalized spacial score (nSPS) is 16.9. The zero-order valence-electron chi connectivity index (χ0n) is 8.05. The quantitative estimate of drug-likeness (QED) is 0.672. The highest BCUT2D eigenvalue weighted by Crippen LogP contribution is 2.18. The maximum Gasteiger partial charge on any atom is 0.293 e. The third kappa shape index (κ3) is 1.39. The fourth-order valence-corrected chi connectivity index (χ4v) is 1.56. The van der Waals surface area contributed by atoms with Gasteiger partial charge in [-0.05, 0) is 0 Å². The van der Waals surface area contributed by atoms with Crippen LogP contribution in [0.5, 0.6) is 0 Å². The first-order valence-electron chi connectivity index (χ1n) is 4.60. The molecule has 1 aliphatic heterocycles. The van der Waals surface area contributed by atoms with Gasteiger partial charge >= 0.3 is 0 Å². The Morgan fingerprint density at radius 1 is 1.64 bits per heavy atom. The third-order valence-corrected chi connectivity index (χ3v) is 2.51. The summed E-state index contributed by atoms with van der Waals surface area (Å²) in [5.74, 6) is 0.779. The maximum atomic E-state index is 11.6. The molecule has 0 saturated carbocycles. The lowest BCUT2D eigenvalue weighted by Gasteiger charge is -2.38. The topological polar surface area (TPSA) is 58.4 Å². The molecule has 2 rings (SSSR count). The molecule has 1 aromatic heterocycles. The van der Waals surface area contributed by atoms with Crippen LogP contribution in [0.4, 0.5) is 5.82 Å². The van der Waals surface area contributed by atoms with Crippen LogP contribution in [0, 0.1) is 5.92 Å². The summed E-state index contributed by atoms with van der Waals surface area (Å²) < 4.78 is 1.51. The fraction of sp³-hybridized carbons (Fsp3) is 0.556. The molecule has 2 heterocycles. The highest BCUT2D eigenvalue weighted by molar-refractivity contribution is 5.39. The minimum atomic E-state index is -0.0797. The van der Waals surface area contributed by atoms with E-state index < -0.39 is 0 Å². The second-order valence-electron chi connectivity index (χ2n) is 3.62. The number of aliphatic hydroxyl groups excluding tert-OH is 1. The largest absolute Gasteiger partial charge is 0.396 e. The summed E-state index contributed by atoms with van der Waals surface area (Å²) in [6.45, 7) is 1.63. The van der Waals surface area contributed by atoms with Gasteiger partial charge in [0.05, 0.1) is 0 Å². The first-order valence-corrected chi connectivity index (χ1v) is 4.60. The Balaban J connectivity index is 2.19. The molecule has 0 amide bonds. The number of anilines is 1. The van der Waals surface area contributed by atoms with Crippen molar-refractivity contribution in [2.45, 2.75) is 0 Å². The average molecular weight is 195 g/mol. The fourth-order valence-electron chi connectivity index (χ4n) is 1.56. The number of aliphatic hydroxyl groups is 1. The average Bonchev–Trinajstić information content (AvgIpc) is 2.10. The van der Waals surface area contributed by atoms with Gasteiger partial charge in [-0.1, -0.05) is 0 Å². The van der Waals surface area contributed by atoms with Gasteiger partial charge in [0.2, 0.25) is 0 Å². The Bertz CT molecular complexity index is 382. The third-order valence-electron chi connectivity index (χ3n) is 2.51. The zero-order valence-corrected chi connectivity index (χ0v) is 8.05. The van der Waals surface area contributed by atoms with Crippen LogP contribution in [-0.2, 0) is 7.05 Å². The number of hydrogen-bond acceptors (Lipinski definition) is 4. The van der Waals surface area contributed by atoms with Crippen molar-refractivity contribution in [3.05, 3.63) is 22.7 Å². The maximum absolute atomic E-state index is 11.6. The van der Waals surface area contributed by atoms with Crippen molar-refractivity contribution in [3.63, 3.8) is 0 Å². The monoisotopic (exact) mass is 195 g/mol. The predicted molar refractivity (Wildman–Crippen MR) is 52.3 cm³/mol. The van der Waals surface area contributed by atoms with E-state index in [0.29, 0.717) is 11.7 Å². The SMILES string of the molecule is Cn1ccnc(N2CC(CO)C2)c1=O. The van der Waals surface area contributed by atoms with Gasteiger partial charge in [0.15, 0.2) is 5.82 Å². The van der Waals surface area contributed by atoms with Crippen molar-refractivity contribution < 1.29 is 5.11 Å². The van der Waals surface area contributed by atoms with Crippen molar-refractivity contribution in [2.75, 3.05) is 24.6 Å². The van der Waals surface area contributed by atoms with E-state index in [-0.39, 0.29) is 12.2 Å². The van der Waals surface area contributed by atoms with Crippen molar-refractivity contribution in [1.82, 2.24) is 9.55 Å². The Morgan fingerprint density at radius 3 is 3.00 bits per heavy atom. The van der Waals surface area contributed by atoms with Gasteiger partial charge in [-0.2, -0.15) is 0 Å². The molecule has 5 nitrogen and oxygen atoms in total. The Hall–Kier alpha value is -1.36. The van der Waals surface area contributed by atoms with Gasteiger partial charge in [0, 0.05) is 45.1 Å². The number of rotatable bonds is 2. The molecule has 1 fully saturated rings. The second-order valence-corrected chi connectivity index (χ2v) is 3.62. The van der Waals surface area contributed by atoms with E-state index in [1.807, 2.05) is 4.90 Å². The summed E-state index contributed by atoms with van der Waals surface area (Å²) in [6.07, 6.45) is 3.25. The van der Waals surface area contributed by atoms with Crippen molar-refractivity contribution in [1.29, 1.82) is 0 Å². The van der Waals surface area contributed by atoms with Crippen LogP contribution in [0.25, 0.3) is 0 Å². The van der Waals surface area contributed by atoms with Gasteiger partial charge in [0.25, 0.3) is 5.56 Å². The molecule has 14 heavy (non-hydrogen) atoms. The summed E-state index contributed by atoms with van der Waals surface area (Å²) in [4.78, 5) is 17.5. The molecule has 0 aliphatic carbocycles. The molecule has 1 aromatic rings. The standard InChI is InChI=1S/C9H13N3O2/c1-11-3-2-10-8(9(11)14)12-4-7(5-12)6-13/h2-3,7,13H,4-6H2,1H3. The molecule has 0 unspecified atom stereocenters. The highest BCUT2D eigenvalue weighted by atomic mass is 16.3. The van der Waals surface area contributed by atoms with E-state index in [1.165, 1.54) is 4.57 Å². The van der Waals surface area contributed by atoms with Crippen molar-refractivity contribution in [2.24, 2.45) is 13.0 Å². The van der Waals surface area contributed by atoms with E-state index in [1.54, 1.807) is 19.4 Å². The summed E-state index contributed by atoms with van der Waals surface area (Å²) in [5.41, 5.74) is -0.0797. The van der Waals surface area contributed by atoms with Crippen LogP contribution in [0.15, 0.2) is 17.2 Å². The number of nitrogens with zero attached hydrogens (tertiary/aromatic N) is 3. The van der Waals surface area contributed by atoms with Crippen molar-refractivity contribution >= 4 is 5.82 Å². The zero-order chi connectivity index (χ0) is 10.1. The molecule has 0 aromatic carbocycles. The lowest BCUT2D eigenvalue weighted by molar-refractivity contribution is 0.200. The van der Waals surface area contributed by atoms with Gasteiger partial charge < -0.3 is 14.6 Å². The minimum Gasteiger partial charge on any atom is -0.396 e. The molecule has 0 spiro atoms. The first-order chi connectivity index (χ1) is 6.72. The molecule has 76 valence electrons. The van der Waals surface area contributed by atoms with Crippen LogP contribution >= 0.6 is 0 Å². The van der Waals surface area contributed by atoms with Crippen LogP contribution in [-0.4, -0.2) is 34.4 Å². The van der Waals surface area contributed by atoms with Gasteiger partial charge in [-0.25, -0.2) is 4.98 Å². The molecule has 0 bridgehead atoms. The first kappa shape index (κ1) is 9.21. The van der Waals surface area contributed by atoms with Gasteiger partial charge in [-0.3, -0.25) is 4.79 Å². The lowest BCUT2D eigenvalue weighted by Crippen LogP contribution is -2.51. The van der Waals surface area contributed by atoms with E-state index in [9.17, 15) is 4.79 Å². The van der Waals surface area contributed by atoms with Gasteiger partial charge in [-0.15, -0.1) is 0 Å². The van der Waals surface area contributed by atoms with Crippen LogP contribution in [0.3, 0.4) is 0 Å². The minimum absolute atomic E-state index is 0.0797. The smallest absolute Gasteiger partial charge is 0.293 e. The summed E-state index contributed by atoms with van der Waals surface area (Å²) in [6, 6.07) is 0. The summed E-state index contributed by atoms with van der Waals surface area (Å²) in [5, 5.41) is 8.84. The lowest BCUT2D eigenvalue weighted by atomic mass is 10.0. The molecule has 1 N–H and O–H groups in total. The summed E-state index contributed by atoms with van der Waals surface area (Å²) in [7, 11) is 1.71. The Kier molecular flexibility index (Phi) is 2.25. The van der Waals surface area contributed by atoms with E-state index in [2.05, 4.69) is 4.98 Å². The van der Waals surface area contributed by atoms with Gasteiger partial charge in [0.1, 0.15) is 0 Å². The highest BCUT2D eigenvalue weighted by Gasteiger charge is 2.28. The van der Waals surface area contributed by atoms with E-state index in [0.717, 1.165) is 13.1 Å². The molecule has 0 radical (unpaired) electrons. The number of aromatic nitrogens is 2. The molecule has 1 aliphatic rings. The Morgan fingerprint density at radius 2 is 2.36 bits per heavy atom. The number of hydrogen-bond donors (Lipinski definition) is 1. The molecular formula is C9H13N3O2.